The number of nitrogens with one attached hydrogen (secondary N) is 1. The van der Waals surface area contributed by atoms with Crippen molar-refractivity contribution >= 4 is 17.2 Å². The zero-order valence-corrected chi connectivity index (χ0v) is 9.43. The molecule has 0 bridgehead atoms. The van der Waals surface area contributed by atoms with E-state index in [1.165, 1.54) is 17.4 Å². The van der Waals surface area contributed by atoms with E-state index in [2.05, 4.69) is 10.3 Å². The van der Waals surface area contributed by atoms with Gasteiger partial charge in [0.2, 0.25) is 0 Å². The number of hydrogen-bond acceptors (Lipinski definition) is 3. The first-order valence-electron chi connectivity index (χ1n) is 4.78. The lowest BCUT2D eigenvalue weighted by atomic mass is 10.2. The van der Waals surface area contributed by atoms with Crippen molar-refractivity contribution in [2.75, 3.05) is 0 Å². The minimum atomic E-state index is -1.04. The highest BCUT2D eigenvalue weighted by Crippen LogP contribution is 2.09. The van der Waals surface area contributed by atoms with Crippen molar-refractivity contribution in [2.45, 2.75) is 6.54 Å². The molecule has 0 aliphatic carbocycles. The summed E-state index contributed by atoms with van der Waals surface area (Å²) in [5.74, 6) is -2.47. The predicted octanol–water partition coefficient (Wildman–Crippen LogP) is 2.35. The SMILES string of the molecule is O=C(NCc1nccs1)c1ccc(F)c(F)c1. The molecule has 3 nitrogen and oxygen atoms in total. The minimum Gasteiger partial charge on any atom is -0.346 e. The Labute approximate surface area is 100 Å². The summed E-state index contributed by atoms with van der Waals surface area (Å²) in [5.41, 5.74) is 0.0838. The Morgan fingerprint density at radius 1 is 1.35 bits per heavy atom. The second kappa shape index (κ2) is 5.01. The van der Waals surface area contributed by atoms with Gasteiger partial charge in [0.25, 0.3) is 5.91 Å². The molecule has 0 saturated carbocycles. The molecule has 1 aromatic carbocycles. The van der Waals surface area contributed by atoms with Crippen molar-refractivity contribution in [2.24, 2.45) is 0 Å². The van der Waals surface area contributed by atoms with Crippen LogP contribution >= 0.6 is 11.3 Å². The van der Waals surface area contributed by atoms with E-state index < -0.39 is 17.5 Å². The Bertz CT molecular complexity index is 528. The summed E-state index contributed by atoms with van der Waals surface area (Å²) in [6.07, 6.45) is 1.63. The molecule has 1 aromatic heterocycles. The maximum atomic E-state index is 12.9. The van der Waals surface area contributed by atoms with Gasteiger partial charge in [-0.1, -0.05) is 0 Å². The van der Waals surface area contributed by atoms with Crippen LogP contribution in [0.15, 0.2) is 29.8 Å². The number of rotatable bonds is 3. The second-order valence-corrected chi connectivity index (χ2v) is 4.22. The van der Waals surface area contributed by atoms with E-state index >= 15 is 0 Å². The van der Waals surface area contributed by atoms with Gasteiger partial charge < -0.3 is 5.32 Å². The molecule has 0 saturated heterocycles. The first-order valence-corrected chi connectivity index (χ1v) is 5.66. The molecular weight excluding hydrogens is 246 g/mol. The number of thiazole rings is 1. The van der Waals surface area contributed by atoms with Crippen molar-refractivity contribution in [3.05, 3.63) is 52.0 Å². The topological polar surface area (TPSA) is 42.0 Å². The van der Waals surface area contributed by atoms with Crippen LogP contribution in [-0.4, -0.2) is 10.9 Å². The van der Waals surface area contributed by atoms with Gasteiger partial charge in [-0.25, -0.2) is 13.8 Å². The third-order valence-corrected chi connectivity index (χ3v) is 2.85. The van der Waals surface area contributed by atoms with Crippen LogP contribution < -0.4 is 5.32 Å². The Hall–Kier alpha value is -1.82. The van der Waals surface area contributed by atoms with Crippen LogP contribution in [0.1, 0.15) is 15.4 Å². The standard InChI is InChI=1S/C11H8F2N2OS/c12-8-2-1-7(5-9(8)13)11(16)15-6-10-14-3-4-17-10/h1-5H,6H2,(H,15,16). The number of carbonyl (C=O) groups excluding carboxylic acids is 1. The summed E-state index contributed by atoms with van der Waals surface area (Å²) >= 11 is 1.41. The molecule has 2 rings (SSSR count). The molecule has 1 N–H and O–H groups in total. The Morgan fingerprint density at radius 3 is 2.82 bits per heavy atom. The van der Waals surface area contributed by atoms with E-state index in [0.29, 0.717) is 0 Å². The van der Waals surface area contributed by atoms with Crippen molar-refractivity contribution in [1.82, 2.24) is 10.3 Å². The molecule has 1 heterocycles. The molecule has 0 unspecified atom stereocenters. The lowest BCUT2D eigenvalue weighted by Gasteiger charge is -2.03. The largest absolute Gasteiger partial charge is 0.346 e. The van der Waals surface area contributed by atoms with Gasteiger partial charge in [-0.2, -0.15) is 0 Å². The van der Waals surface area contributed by atoms with Gasteiger partial charge in [0.1, 0.15) is 5.01 Å². The lowest BCUT2D eigenvalue weighted by molar-refractivity contribution is 0.0950. The van der Waals surface area contributed by atoms with E-state index in [0.717, 1.165) is 17.1 Å². The van der Waals surface area contributed by atoms with Gasteiger partial charge in [-0.15, -0.1) is 11.3 Å². The first-order chi connectivity index (χ1) is 8.16. The third kappa shape index (κ3) is 2.85. The first kappa shape index (κ1) is 11.7. The van der Waals surface area contributed by atoms with E-state index in [1.54, 1.807) is 11.6 Å². The molecule has 0 spiro atoms. The minimum absolute atomic E-state index is 0.0838. The molecule has 0 aliphatic heterocycles. The van der Waals surface area contributed by atoms with Gasteiger partial charge in [-0.3, -0.25) is 4.79 Å². The quantitative estimate of drug-likeness (QED) is 0.913. The summed E-state index contributed by atoms with van der Waals surface area (Å²) in [6, 6.07) is 3.02. The Morgan fingerprint density at radius 2 is 2.18 bits per heavy atom. The number of benzene rings is 1. The monoisotopic (exact) mass is 254 g/mol. The Kier molecular flexibility index (Phi) is 3.43. The highest BCUT2D eigenvalue weighted by molar-refractivity contribution is 7.09. The third-order valence-electron chi connectivity index (χ3n) is 2.07. The fourth-order valence-corrected chi connectivity index (χ4v) is 1.79. The number of nitrogens with zero attached hydrogens (tertiary/aromatic N) is 1. The number of hydrogen-bond donors (Lipinski definition) is 1. The fraction of sp³-hybridized carbons (Fsp3) is 0.0909. The van der Waals surface area contributed by atoms with Crippen LogP contribution in [0.5, 0.6) is 0 Å². The van der Waals surface area contributed by atoms with E-state index in [4.69, 9.17) is 0 Å². The summed E-state index contributed by atoms with van der Waals surface area (Å²) in [4.78, 5) is 15.6. The van der Waals surface area contributed by atoms with Crippen LogP contribution in [0.25, 0.3) is 0 Å². The van der Waals surface area contributed by atoms with Crippen LogP contribution in [-0.2, 0) is 6.54 Å². The number of aromatic nitrogens is 1. The van der Waals surface area contributed by atoms with Crippen LogP contribution in [0.4, 0.5) is 8.78 Å². The van der Waals surface area contributed by atoms with E-state index in [9.17, 15) is 13.6 Å². The molecule has 17 heavy (non-hydrogen) atoms. The van der Waals surface area contributed by atoms with Crippen molar-refractivity contribution in [1.29, 1.82) is 0 Å². The average Bonchev–Trinajstić information content (AvgIpc) is 2.82. The predicted molar refractivity (Wildman–Crippen MR) is 59.6 cm³/mol. The van der Waals surface area contributed by atoms with Gasteiger partial charge >= 0.3 is 0 Å². The summed E-state index contributed by atoms with van der Waals surface area (Å²) in [6.45, 7) is 0.273. The molecule has 2 aromatic rings. The zero-order valence-electron chi connectivity index (χ0n) is 8.61. The summed E-state index contributed by atoms with van der Waals surface area (Å²) < 4.78 is 25.5. The van der Waals surface area contributed by atoms with E-state index in [-0.39, 0.29) is 12.1 Å². The molecule has 88 valence electrons. The molecular formula is C11H8F2N2OS. The maximum absolute atomic E-state index is 12.9. The highest BCUT2D eigenvalue weighted by atomic mass is 32.1. The second-order valence-electron chi connectivity index (χ2n) is 3.24. The van der Waals surface area contributed by atoms with Gasteiger partial charge in [0.05, 0.1) is 6.54 Å². The van der Waals surface area contributed by atoms with Crippen LogP contribution in [0, 0.1) is 11.6 Å². The fourth-order valence-electron chi connectivity index (χ4n) is 1.24. The molecule has 6 heteroatoms. The smallest absolute Gasteiger partial charge is 0.251 e. The van der Waals surface area contributed by atoms with Crippen molar-refractivity contribution in [3.8, 4) is 0 Å². The summed E-state index contributed by atoms with van der Waals surface area (Å²) in [5, 5.41) is 5.11. The van der Waals surface area contributed by atoms with Gasteiger partial charge in [0, 0.05) is 17.1 Å². The van der Waals surface area contributed by atoms with Crippen LogP contribution in [0.2, 0.25) is 0 Å². The van der Waals surface area contributed by atoms with Crippen LogP contribution in [0.3, 0.4) is 0 Å². The maximum Gasteiger partial charge on any atom is 0.251 e. The lowest BCUT2D eigenvalue weighted by Crippen LogP contribution is -2.22. The van der Waals surface area contributed by atoms with Gasteiger partial charge in [-0.05, 0) is 18.2 Å². The molecule has 0 fully saturated rings. The zero-order chi connectivity index (χ0) is 12.3. The summed E-state index contributed by atoms with van der Waals surface area (Å²) in [7, 11) is 0. The van der Waals surface area contributed by atoms with Crippen molar-refractivity contribution in [3.63, 3.8) is 0 Å². The Balaban J connectivity index is 2.02. The van der Waals surface area contributed by atoms with E-state index in [1.807, 2.05) is 0 Å². The normalized spacial score (nSPS) is 10.2. The number of carbonyl (C=O) groups is 1. The molecule has 0 radical (unpaired) electrons. The van der Waals surface area contributed by atoms with Gasteiger partial charge in [0.15, 0.2) is 11.6 Å². The average molecular weight is 254 g/mol. The molecule has 1 amide bonds. The molecule has 0 atom stereocenters. The van der Waals surface area contributed by atoms with Crippen molar-refractivity contribution < 1.29 is 13.6 Å². The highest BCUT2D eigenvalue weighted by Gasteiger charge is 2.09. The number of amides is 1. The number of halogens is 2. The molecule has 0 aliphatic rings.